The van der Waals surface area contributed by atoms with Gasteiger partial charge in [0, 0.05) is 22.3 Å². The molecular formula is C13H19BrN2O. The zero-order valence-corrected chi connectivity index (χ0v) is 11.9. The van der Waals surface area contributed by atoms with Gasteiger partial charge >= 0.3 is 0 Å². The number of carbonyl (C=O) groups excluding carboxylic acids is 1. The van der Waals surface area contributed by atoms with E-state index in [9.17, 15) is 4.79 Å². The molecule has 0 saturated heterocycles. The normalized spacial score (nSPS) is 10.6. The van der Waals surface area contributed by atoms with E-state index in [-0.39, 0.29) is 5.91 Å². The van der Waals surface area contributed by atoms with Crippen LogP contribution in [0.15, 0.2) is 22.7 Å². The first-order valence-corrected chi connectivity index (χ1v) is 6.70. The van der Waals surface area contributed by atoms with E-state index >= 15 is 0 Å². The molecule has 3 nitrogen and oxygen atoms in total. The van der Waals surface area contributed by atoms with E-state index in [0.717, 1.165) is 23.9 Å². The fourth-order valence-corrected chi connectivity index (χ4v) is 2.17. The maximum Gasteiger partial charge on any atom is 0.251 e. The lowest BCUT2D eigenvalue weighted by atomic mass is 10.0. The summed E-state index contributed by atoms with van der Waals surface area (Å²) in [6.45, 7) is 4.99. The summed E-state index contributed by atoms with van der Waals surface area (Å²) in [5, 5.41) is 2.94. The molecule has 0 atom stereocenters. The van der Waals surface area contributed by atoms with Crippen LogP contribution in [0, 0.1) is 5.92 Å². The number of anilines is 1. The van der Waals surface area contributed by atoms with Crippen molar-refractivity contribution < 1.29 is 4.79 Å². The van der Waals surface area contributed by atoms with E-state index in [2.05, 4.69) is 35.1 Å². The van der Waals surface area contributed by atoms with Crippen molar-refractivity contribution in [3.63, 3.8) is 0 Å². The summed E-state index contributed by atoms with van der Waals surface area (Å²) in [6.07, 6.45) is 2.16. The van der Waals surface area contributed by atoms with Gasteiger partial charge < -0.3 is 11.1 Å². The zero-order chi connectivity index (χ0) is 12.8. The van der Waals surface area contributed by atoms with Gasteiger partial charge in [0.05, 0.1) is 0 Å². The molecule has 0 spiro atoms. The highest BCUT2D eigenvalue weighted by Crippen LogP contribution is 2.17. The first kappa shape index (κ1) is 14.0. The monoisotopic (exact) mass is 298 g/mol. The van der Waals surface area contributed by atoms with Gasteiger partial charge in [-0.2, -0.15) is 0 Å². The van der Waals surface area contributed by atoms with Crippen LogP contribution in [0.5, 0.6) is 0 Å². The van der Waals surface area contributed by atoms with E-state index in [1.165, 1.54) is 0 Å². The smallest absolute Gasteiger partial charge is 0.251 e. The highest BCUT2D eigenvalue weighted by molar-refractivity contribution is 9.10. The minimum Gasteiger partial charge on any atom is -0.399 e. The van der Waals surface area contributed by atoms with Crippen molar-refractivity contribution in [2.75, 3.05) is 12.3 Å². The molecule has 17 heavy (non-hydrogen) atoms. The predicted molar refractivity (Wildman–Crippen MR) is 75.0 cm³/mol. The van der Waals surface area contributed by atoms with Crippen molar-refractivity contribution in [1.29, 1.82) is 0 Å². The number of amides is 1. The maximum atomic E-state index is 11.9. The molecule has 94 valence electrons. The van der Waals surface area contributed by atoms with Gasteiger partial charge in [0.2, 0.25) is 0 Å². The molecule has 0 saturated carbocycles. The largest absolute Gasteiger partial charge is 0.399 e. The number of hydrogen-bond donors (Lipinski definition) is 2. The van der Waals surface area contributed by atoms with Crippen molar-refractivity contribution in [2.24, 2.45) is 5.92 Å². The van der Waals surface area contributed by atoms with Crippen LogP contribution in [0.2, 0.25) is 0 Å². The molecule has 0 aliphatic heterocycles. The molecule has 3 N–H and O–H groups in total. The van der Waals surface area contributed by atoms with Crippen molar-refractivity contribution in [2.45, 2.75) is 26.7 Å². The Morgan fingerprint density at radius 3 is 2.53 bits per heavy atom. The third kappa shape index (κ3) is 4.38. The van der Waals surface area contributed by atoms with Crippen LogP contribution in [0.1, 0.15) is 37.0 Å². The Morgan fingerprint density at radius 1 is 1.35 bits per heavy atom. The maximum absolute atomic E-state index is 11.9. The minimum absolute atomic E-state index is 0.0649. The first-order chi connectivity index (χ1) is 8.06. The average Bonchev–Trinajstić information content (AvgIpc) is 2.28. The third-order valence-electron chi connectivity index (χ3n) is 2.89. The second-order valence-electron chi connectivity index (χ2n) is 4.17. The van der Waals surface area contributed by atoms with Gasteiger partial charge in [-0.3, -0.25) is 4.79 Å². The highest BCUT2D eigenvalue weighted by atomic mass is 79.9. The predicted octanol–water partition coefficient (Wildman–Crippen LogP) is 3.20. The average molecular weight is 299 g/mol. The molecule has 0 bridgehead atoms. The molecule has 0 unspecified atom stereocenters. The molecule has 0 fully saturated rings. The first-order valence-electron chi connectivity index (χ1n) is 5.91. The Morgan fingerprint density at radius 2 is 2.00 bits per heavy atom. The number of nitrogens with one attached hydrogen (secondary N) is 1. The molecule has 0 aliphatic rings. The van der Waals surface area contributed by atoms with Gasteiger partial charge in [0.1, 0.15) is 0 Å². The van der Waals surface area contributed by atoms with Gasteiger partial charge in [0.25, 0.3) is 5.91 Å². The molecular weight excluding hydrogens is 280 g/mol. The van der Waals surface area contributed by atoms with Crippen LogP contribution in [0.3, 0.4) is 0 Å². The number of benzene rings is 1. The lowest BCUT2D eigenvalue weighted by Crippen LogP contribution is -2.28. The van der Waals surface area contributed by atoms with Gasteiger partial charge in [-0.15, -0.1) is 0 Å². The highest BCUT2D eigenvalue weighted by Gasteiger charge is 2.09. The molecule has 1 rings (SSSR count). The van der Waals surface area contributed by atoms with E-state index in [1.54, 1.807) is 18.2 Å². The van der Waals surface area contributed by atoms with Crippen LogP contribution in [-0.4, -0.2) is 12.5 Å². The fraction of sp³-hybridized carbons (Fsp3) is 0.462. The zero-order valence-electron chi connectivity index (χ0n) is 10.3. The summed E-state index contributed by atoms with van der Waals surface area (Å²) in [4.78, 5) is 11.9. The summed E-state index contributed by atoms with van der Waals surface area (Å²) in [5.41, 5.74) is 6.89. The lowest BCUT2D eigenvalue weighted by Gasteiger charge is -2.13. The number of rotatable bonds is 5. The Bertz CT molecular complexity index is 369. The standard InChI is InChI=1S/C13H19BrN2O/c1-3-9(4-2)8-16-13(17)10-5-11(14)7-12(15)6-10/h5-7,9H,3-4,8,15H2,1-2H3,(H,16,17). The van der Waals surface area contributed by atoms with Crippen LogP contribution in [0.4, 0.5) is 5.69 Å². The van der Waals surface area contributed by atoms with Crippen molar-refractivity contribution in [3.05, 3.63) is 28.2 Å². The molecule has 1 aromatic rings. The Labute approximate surface area is 111 Å². The Kier molecular flexibility index (Phi) is 5.48. The minimum atomic E-state index is -0.0649. The lowest BCUT2D eigenvalue weighted by molar-refractivity contribution is 0.0946. The summed E-state index contributed by atoms with van der Waals surface area (Å²) in [5.74, 6) is 0.480. The van der Waals surface area contributed by atoms with Crippen LogP contribution < -0.4 is 11.1 Å². The number of nitrogens with two attached hydrogens (primary N) is 1. The van der Waals surface area contributed by atoms with Gasteiger partial charge in [-0.05, 0) is 24.1 Å². The molecule has 0 aliphatic carbocycles. The number of carbonyl (C=O) groups is 1. The summed E-state index contributed by atoms with van der Waals surface area (Å²) < 4.78 is 0.824. The number of hydrogen-bond acceptors (Lipinski definition) is 2. The fourth-order valence-electron chi connectivity index (χ4n) is 1.66. The van der Waals surface area contributed by atoms with Gasteiger partial charge in [-0.25, -0.2) is 0 Å². The Hall–Kier alpha value is -1.03. The quantitative estimate of drug-likeness (QED) is 0.820. The second-order valence-corrected chi connectivity index (χ2v) is 5.08. The van der Waals surface area contributed by atoms with Crippen LogP contribution >= 0.6 is 15.9 Å². The Balaban J connectivity index is 2.63. The van der Waals surface area contributed by atoms with Gasteiger partial charge in [-0.1, -0.05) is 42.6 Å². The van der Waals surface area contributed by atoms with Crippen molar-refractivity contribution in [1.82, 2.24) is 5.32 Å². The third-order valence-corrected chi connectivity index (χ3v) is 3.35. The summed E-state index contributed by atoms with van der Waals surface area (Å²) >= 11 is 3.33. The summed E-state index contributed by atoms with van der Waals surface area (Å²) in [7, 11) is 0. The van der Waals surface area contributed by atoms with Crippen LogP contribution in [-0.2, 0) is 0 Å². The van der Waals surface area contributed by atoms with E-state index in [4.69, 9.17) is 5.73 Å². The molecule has 0 aromatic heterocycles. The topological polar surface area (TPSA) is 55.1 Å². The number of halogens is 1. The van der Waals surface area contributed by atoms with Gasteiger partial charge in [0.15, 0.2) is 0 Å². The molecule has 1 aromatic carbocycles. The van der Waals surface area contributed by atoms with E-state index < -0.39 is 0 Å². The van der Waals surface area contributed by atoms with E-state index in [1.807, 2.05) is 0 Å². The van der Waals surface area contributed by atoms with Crippen LogP contribution in [0.25, 0.3) is 0 Å². The summed E-state index contributed by atoms with van der Waals surface area (Å²) in [6, 6.07) is 5.24. The van der Waals surface area contributed by atoms with Crippen molar-refractivity contribution in [3.8, 4) is 0 Å². The molecule has 0 heterocycles. The van der Waals surface area contributed by atoms with E-state index in [0.29, 0.717) is 17.2 Å². The SMILES string of the molecule is CCC(CC)CNC(=O)c1cc(N)cc(Br)c1. The number of nitrogen functional groups attached to an aromatic ring is 1. The molecule has 0 radical (unpaired) electrons. The second kappa shape index (κ2) is 6.64. The molecule has 4 heteroatoms. The van der Waals surface area contributed by atoms with Crippen molar-refractivity contribution >= 4 is 27.5 Å². The molecule has 1 amide bonds.